The Morgan fingerprint density at radius 1 is 0.962 bits per heavy atom. The second-order valence-corrected chi connectivity index (χ2v) is 5.15. The van der Waals surface area contributed by atoms with Crippen molar-refractivity contribution in [3.8, 4) is 5.75 Å². The zero-order valence-electron chi connectivity index (χ0n) is 13.3. The van der Waals surface area contributed by atoms with E-state index in [1.165, 1.54) is 0 Å². The van der Waals surface area contributed by atoms with Crippen LogP contribution in [-0.2, 0) is 19.1 Å². The third-order valence-corrected chi connectivity index (χ3v) is 3.32. The van der Waals surface area contributed by atoms with Crippen LogP contribution in [0.15, 0.2) is 18.2 Å². The maximum atomic E-state index is 13.4. The fraction of sp³-hybridized carbons (Fsp3) is 0.312. The van der Waals surface area contributed by atoms with E-state index in [2.05, 4.69) is 4.74 Å². The number of benzene rings is 1. The summed E-state index contributed by atoms with van der Waals surface area (Å²) in [5.74, 6) is -10.4. The molecule has 0 fully saturated rings. The molecule has 0 aromatic heterocycles. The lowest BCUT2D eigenvalue weighted by Crippen LogP contribution is -2.33. The van der Waals surface area contributed by atoms with Crippen LogP contribution in [0.25, 0.3) is 0 Å². The molecule has 140 valence electrons. The van der Waals surface area contributed by atoms with E-state index in [1.807, 2.05) is 0 Å². The van der Waals surface area contributed by atoms with Crippen molar-refractivity contribution >= 4 is 17.8 Å². The highest BCUT2D eigenvalue weighted by molar-refractivity contribution is 6.12. The maximum absolute atomic E-state index is 13.4. The van der Waals surface area contributed by atoms with Crippen LogP contribution in [0, 0.1) is 23.3 Å². The molecule has 10 heteroatoms. The van der Waals surface area contributed by atoms with Crippen LogP contribution in [0.4, 0.5) is 17.6 Å². The van der Waals surface area contributed by atoms with Crippen LogP contribution in [0.3, 0.4) is 0 Å². The normalized spacial score (nSPS) is 13.6. The Balaban J connectivity index is 1.70. The molecule has 0 unspecified atom stereocenters. The number of carbonyl (C=O) groups is 3. The predicted octanol–water partition coefficient (Wildman–Crippen LogP) is 1.87. The average Bonchev–Trinajstić information content (AvgIpc) is 2.91. The third kappa shape index (κ3) is 4.66. The zero-order chi connectivity index (χ0) is 19.3. The molecule has 26 heavy (non-hydrogen) atoms. The number of esters is 1. The topological polar surface area (TPSA) is 72.9 Å². The lowest BCUT2D eigenvalue weighted by atomic mass is 10.3. The minimum Gasteiger partial charge on any atom is -0.420 e. The van der Waals surface area contributed by atoms with Gasteiger partial charge in [0.2, 0.25) is 17.4 Å². The molecule has 1 heterocycles. The largest absolute Gasteiger partial charge is 0.420 e. The number of hydrogen-bond donors (Lipinski definition) is 0. The van der Waals surface area contributed by atoms with Crippen LogP contribution >= 0.6 is 0 Å². The predicted molar refractivity (Wildman–Crippen MR) is 77.8 cm³/mol. The van der Waals surface area contributed by atoms with Gasteiger partial charge in [0.05, 0.1) is 13.2 Å². The molecule has 0 spiro atoms. The van der Waals surface area contributed by atoms with Crippen molar-refractivity contribution in [1.82, 2.24) is 4.90 Å². The summed E-state index contributed by atoms with van der Waals surface area (Å²) in [4.78, 5) is 35.0. The zero-order valence-corrected chi connectivity index (χ0v) is 13.3. The minimum absolute atomic E-state index is 0.00121. The molecule has 0 N–H and O–H groups in total. The number of nitrogens with zero attached hydrogens (tertiary/aromatic N) is 1. The molecule has 0 bridgehead atoms. The van der Waals surface area contributed by atoms with Crippen molar-refractivity contribution in [3.63, 3.8) is 0 Å². The van der Waals surface area contributed by atoms with Crippen molar-refractivity contribution in [3.05, 3.63) is 41.5 Å². The van der Waals surface area contributed by atoms with E-state index in [0.717, 1.165) is 17.1 Å². The Kier molecular flexibility index (Phi) is 6.45. The summed E-state index contributed by atoms with van der Waals surface area (Å²) in [6, 6.07) is 0.00121. The van der Waals surface area contributed by atoms with Gasteiger partial charge in [-0.2, -0.15) is 8.78 Å². The van der Waals surface area contributed by atoms with Crippen LogP contribution < -0.4 is 4.74 Å². The average molecular weight is 375 g/mol. The Hall–Kier alpha value is -2.75. The van der Waals surface area contributed by atoms with E-state index in [0.29, 0.717) is 0 Å². The van der Waals surface area contributed by atoms with Gasteiger partial charge in [-0.1, -0.05) is 0 Å². The quantitative estimate of drug-likeness (QED) is 0.173. The molecule has 6 nitrogen and oxygen atoms in total. The van der Waals surface area contributed by atoms with Gasteiger partial charge in [0, 0.05) is 31.2 Å². The van der Waals surface area contributed by atoms with Crippen molar-refractivity contribution in [1.29, 1.82) is 0 Å². The summed E-state index contributed by atoms with van der Waals surface area (Å²) in [6.45, 7) is 0.0991. The molecular formula is C16H13F4NO5. The number of hydrogen-bond acceptors (Lipinski definition) is 5. The molecule has 2 rings (SSSR count). The van der Waals surface area contributed by atoms with Crippen molar-refractivity contribution < 1.29 is 41.4 Å². The molecule has 0 atom stereocenters. The van der Waals surface area contributed by atoms with Crippen LogP contribution in [0.1, 0.15) is 12.8 Å². The number of amides is 2. The van der Waals surface area contributed by atoms with Crippen LogP contribution in [0.2, 0.25) is 0 Å². The molecule has 1 aliphatic rings. The summed E-state index contributed by atoms with van der Waals surface area (Å²) in [7, 11) is 0. The molecular weight excluding hydrogens is 362 g/mol. The highest BCUT2D eigenvalue weighted by Gasteiger charge is 2.23. The highest BCUT2D eigenvalue weighted by atomic mass is 19.2. The summed E-state index contributed by atoms with van der Waals surface area (Å²) >= 11 is 0. The second kappa shape index (κ2) is 8.56. The lowest BCUT2D eigenvalue weighted by molar-refractivity contribution is -0.137. The van der Waals surface area contributed by atoms with Gasteiger partial charge in [0.25, 0.3) is 11.8 Å². The van der Waals surface area contributed by atoms with Crippen molar-refractivity contribution in [2.45, 2.75) is 12.8 Å². The fourth-order valence-electron chi connectivity index (χ4n) is 2.03. The second-order valence-electron chi connectivity index (χ2n) is 5.15. The summed E-state index contributed by atoms with van der Waals surface area (Å²) in [5.41, 5.74) is 0. The molecule has 2 amide bonds. The Bertz CT molecular complexity index is 721. The number of ether oxygens (including phenoxy) is 2. The van der Waals surface area contributed by atoms with Gasteiger partial charge in [-0.25, -0.2) is 8.78 Å². The van der Waals surface area contributed by atoms with Crippen molar-refractivity contribution in [2.24, 2.45) is 0 Å². The SMILES string of the molecule is O=C(CCCOCCN1C(=O)C=CC1=O)Oc1c(F)c(F)cc(F)c1F. The lowest BCUT2D eigenvalue weighted by Gasteiger charge is -2.13. The van der Waals surface area contributed by atoms with Gasteiger partial charge in [0.15, 0.2) is 11.6 Å². The van der Waals surface area contributed by atoms with E-state index in [4.69, 9.17) is 4.74 Å². The standard InChI is InChI=1S/C16H13F4NO5/c17-9-8-10(18)15(20)16(14(9)19)26-13(24)2-1-6-25-7-5-21-11(22)3-4-12(21)23/h3-4,8H,1-2,5-7H2. The Labute approximate surface area is 145 Å². The van der Waals surface area contributed by atoms with E-state index >= 15 is 0 Å². The molecule has 0 saturated carbocycles. The molecule has 0 radical (unpaired) electrons. The number of imide groups is 1. The Morgan fingerprint density at radius 2 is 1.54 bits per heavy atom. The Morgan fingerprint density at radius 3 is 2.12 bits per heavy atom. The first-order valence-corrected chi connectivity index (χ1v) is 7.46. The first kappa shape index (κ1) is 19.6. The fourth-order valence-corrected chi connectivity index (χ4v) is 2.03. The smallest absolute Gasteiger partial charge is 0.311 e. The number of rotatable bonds is 8. The van der Waals surface area contributed by atoms with Crippen molar-refractivity contribution in [2.75, 3.05) is 19.8 Å². The van der Waals surface area contributed by atoms with Crippen LogP contribution in [-0.4, -0.2) is 42.4 Å². The molecule has 0 aliphatic carbocycles. The maximum Gasteiger partial charge on any atom is 0.311 e. The van der Waals surface area contributed by atoms with Gasteiger partial charge in [-0.15, -0.1) is 0 Å². The third-order valence-electron chi connectivity index (χ3n) is 3.32. The first-order valence-electron chi connectivity index (χ1n) is 7.46. The highest BCUT2D eigenvalue weighted by Crippen LogP contribution is 2.26. The summed E-state index contributed by atoms with van der Waals surface area (Å²) in [5, 5.41) is 0. The molecule has 1 aliphatic heterocycles. The van der Waals surface area contributed by atoms with Gasteiger partial charge in [0.1, 0.15) is 0 Å². The van der Waals surface area contributed by atoms with E-state index in [1.54, 1.807) is 0 Å². The van der Waals surface area contributed by atoms with E-state index in [9.17, 15) is 31.9 Å². The van der Waals surface area contributed by atoms with Crippen LogP contribution in [0.5, 0.6) is 5.75 Å². The summed E-state index contributed by atoms with van der Waals surface area (Å²) < 4.78 is 62.2. The molecule has 0 saturated heterocycles. The summed E-state index contributed by atoms with van der Waals surface area (Å²) in [6.07, 6.45) is 2.01. The minimum atomic E-state index is -1.80. The van der Waals surface area contributed by atoms with Gasteiger partial charge in [-0.05, 0) is 6.42 Å². The first-order chi connectivity index (χ1) is 12.3. The molecule has 1 aromatic rings. The number of carbonyl (C=O) groups excluding carboxylic acids is 3. The van der Waals surface area contributed by atoms with Gasteiger partial charge < -0.3 is 9.47 Å². The van der Waals surface area contributed by atoms with E-state index in [-0.39, 0.29) is 38.7 Å². The number of halogens is 4. The van der Waals surface area contributed by atoms with Gasteiger partial charge in [-0.3, -0.25) is 19.3 Å². The molecule has 1 aromatic carbocycles. The van der Waals surface area contributed by atoms with Gasteiger partial charge >= 0.3 is 5.97 Å². The van der Waals surface area contributed by atoms with E-state index < -0.39 is 46.8 Å². The monoisotopic (exact) mass is 375 g/mol.